The highest BCUT2D eigenvalue weighted by molar-refractivity contribution is 4.85. The van der Waals surface area contributed by atoms with Gasteiger partial charge in [-0.3, -0.25) is 0 Å². The lowest BCUT2D eigenvalue weighted by Gasteiger charge is -2.35. The molecule has 1 rings (SSSR count). The molecule has 1 aliphatic carbocycles. The van der Waals surface area contributed by atoms with E-state index in [0.29, 0.717) is 12.1 Å². The van der Waals surface area contributed by atoms with Gasteiger partial charge in [0.15, 0.2) is 0 Å². The molecular weight excluding hydrogens is 202 g/mol. The maximum atomic E-state index is 5.54. The number of nitrogens with one attached hydrogen (secondary N) is 1. The number of hydrogen-bond donors (Lipinski definition) is 1. The van der Waals surface area contributed by atoms with Crippen molar-refractivity contribution in [3.8, 4) is 0 Å². The van der Waals surface area contributed by atoms with Crippen molar-refractivity contribution in [2.24, 2.45) is 5.92 Å². The SMILES string of the molecule is CCOC1CC(NCCOCCC(C)C)C1. The molecular formula is C13H27NO2. The minimum Gasteiger partial charge on any atom is -0.380 e. The summed E-state index contributed by atoms with van der Waals surface area (Å²) in [5, 5.41) is 3.49. The molecule has 0 spiro atoms. The number of ether oxygens (including phenoxy) is 2. The predicted octanol–water partition coefficient (Wildman–Crippen LogP) is 2.21. The van der Waals surface area contributed by atoms with Gasteiger partial charge in [-0.2, -0.15) is 0 Å². The molecule has 0 saturated heterocycles. The van der Waals surface area contributed by atoms with Crippen molar-refractivity contribution in [3.63, 3.8) is 0 Å². The summed E-state index contributed by atoms with van der Waals surface area (Å²) in [5.74, 6) is 0.742. The second kappa shape index (κ2) is 8.04. The Labute approximate surface area is 99.9 Å². The van der Waals surface area contributed by atoms with Crippen molar-refractivity contribution in [1.29, 1.82) is 0 Å². The molecule has 0 atom stereocenters. The topological polar surface area (TPSA) is 30.5 Å². The predicted molar refractivity (Wildman–Crippen MR) is 66.7 cm³/mol. The Hall–Kier alpha value is -0.120. The lowest BCUT2D eigenvalue weighted by atomic mass is 9.89. The van der Waals surface area contributed by atoms with Crippen LogP contribution in [0.4, 0.5) is 0 Å². The average Bonchev–Trinajstić information content (AvgIpc) is 2.18. The van der Waals surface area contributed by atoms with E-state index in [1.807, 2.05) is 0 Å². The summed E-state index contributed by atoms with van der Waals surface area (Å²) < 4.78 is 11.1. The molecule has 0 bridgehead atoms. The molecule has 0 aliphatic heterocycles. The van der Waals surface area contributed by atoms with Gasteiger partial charge in [0.2, 0.25) is 0 Å². The van der Waals surface area contributed by atoms with Gasteiger partial charge in [-0.15, -0.1) is 0 Å². The molecule has 1 saturated carbocycles. The van der Waals surface area contributed by atoms with E-state index in [0.717, 1.165) is 38.7 Å². The first-order valence-corrected chi connectivity index (χ1v) is 6.65. The Balaban J connectivity index is 1.79. The quantitative estimate of drug-likeness (QED) is 0.615. The van der Waals surface area contributed by atoms with Gasteiger partial charge in [-0.05, 0) is 32.1 Å². The Morgan fingerprint density at radius 1 is 1.25 bits per heavy atom. The van der Waals surface area contributed by atoms with Crippen molar-refractivity contribution in [2.75, 3.05) is 26.4 Å². The molecule has 1 aliphatic rings. The van der Waals surface area contributed by atoms with Gasteiger partial charge in [0.25, 0.3) is 0 Å². The molecule has 1 N–H and O–H groups in total. The highest BCUT2D eigenvalue weighted by Gasteiger charge is 2.28. The monoisotopic (exact) mass is 229 g/mol. The third-order valence-corrected chi connectivity index (χ3v) is 3.02. The molecule has 0 aromatic rings. The smallest absolute Gasteiger partial charge is 0.0604 e. The number of rotatable bonds is 9. The van der Waals surface area contributed by atoms with Crippen molar-refractivity contribution >= 4 is 0 Å². The van der Waals surface area contributed by atoms with Crippen molar-refractivity contribution in [1.82, 2.24) is 5.32 Å². The zero-order chi connectivity index (χ0) is 11.8. The maximum Gasteiger partial charge on any atom is 0.0604 e. The third kappa shape index (κ3) is 5.83. The highest BCUT2D eigenvalue weighted by atomic mass is 16.5. The standard InChI is InChI=1S/C13H27NO2/c1-4-16-13-9-12(10-13)14-6-8-15-7-5-11(2)3/h11-14H,4-10H2,1-3H3. The van der Waals surface area contributed by atoms with Gasteiger partial charge < -0.3 is 14.8 Å². The van der Waals surface area contributed by atoms with Crippen LogP contribution in [-0.2, 0) is 9.47 Å². The molecule has 0 unspecified atom stereocenters. The van der Waals surface area contributed by atoms with E-state index >= 15 is 0 Å². The summed E-state index contributed by atoms with van der Waals surface area (Å²) in [6, 6.07) is 0.658. The average molecular weight is 229 g/mol. The van der Waals surface area contributed by atoms with Gasteiger partial charge in [0.1, 0.15) is 0 Å². The van der Waals surface area contributed by atoms with Crippen LogP contribution < -0.4 is 5.32 Å². The minimum absolute atomic E-state index is 0.504. The van der Waals surface area contributed by atoms with Gasteiger partial charge in [0.05, 0.1) is 12.7 Å². The van der Waals surface area contributed by atoms with Crippen molar-refractivity contribution in [2.45, 2.75) is 52.2 Å². The lowest BCUT2D eigenvalue weighted by molar-refractivity contribution is -0.0115. The van der Waals surface area contributed by atoms with Crippen LogP contribution in [0.3, 0.4) is 0 Å². The van der Waals surface area contributed by atoms with Crippen LogP contribution in [0.15, 0.2) is 0 Å². The molecule has 0 radical (unpaired) electrons. The fourth-order valence-electron chi connectivity index (χ4n) is 1.86. The molecule has 96 valence electrons. The number of hydrogen-bond acceptors (Lipinski definition) is 3. The first-order chi connectivity index (χ1) is 7.72. The van der Waals surface area contributed by atoms with E-state index in [2.05, 4.69) is 26.1 Å². The molecule has 3 nitrogen and oxygen atoms in total. The molecule has 0 aromatic heterocycles. The van der Waals surface area contributed by atoms with E-state index in [-0.39, 0.29) is 0 Å². The molecule has 0 amide bonds. The van der Waals surface area contributed by atoms with Crippen molar-refractivity contribution < 1.29 is 9.47 Å². The van der Waals surface area contributed by atoms with Crippen LogP contribution in [0, 0.1) is 5.92 Å². The molecule has 1 fully saturated rings. The fourth-order valence-corrected chi connectivity index (χ4v) is 1.86. The van der Waals surface area contributed by atoms with Crippen LogP contribution in [0.25, 0.3) is 0 Å². The molecule has 0 heterocycles. The first-order valence-electron chi connectivity index (χ1n) is 6.65. The van der Waals surface area contributed by atoms with Crippen LogP contribution >= 0.6 is 0 Å². The molecule has 3 heteroatoms. The summed E-state index contributed by atoms with van der Waals surface area (Å²) >= 11 is 0. The van der Waals surface area contributed by atoms with Crippen molar-refractivity contribution in [3.05, 3.63) is 0 Å². The largest absolute Gasteiger partial charge is 0.380 e. The van der Waals surface area contributed by atoms with Gasteiger partial charge in [0, 0.05) is 25.8 Å². The second-order valence-electron chi connectivity index (χ2n) is 4.99. The fraction of sp³-hybridized carbons (Fsp3) is 1.00. The Bertz CT molecular complexity index is 167. The van der Waals surface area contributed by atoms with Crippen LogP contribution in [0.1, 0.15) is 40.0 Å². The van der Waals surface area contributed by atoms with Crippen LogP contribution in [0.5, 0.6) is 0 Å². The minimum atomic E-state index is 0.504. The third-order valence-electron chi connectivity index (χ3n) is 3.02. The maximum absolute atomic E-state index is 5.54. The highest BCUT2D eigenvalue weighted by Crippen LogP contribution is 2.22. The Morgan fingerprint density at radius 2 is 2.00 bits per heavy atom. The Morgan fingerprint density at radius 3 is 2.62 bits per heavy atom. The zero-order valence-corrected chi connectivity index (χ0v) is 11.0. The first kappa shape index (κ1) is 13.9. The lowest BCUT2D eigenvalue weighted by Crippen LogP contribution is -2.46. The van der Waals surface area contributed by atoms with E-state index in [1.165, 1.54) is 12.8 Å². The normalized spacial score (nSPS) is 24.8. The van der Waals surface area contributed by atoms with Gasteiger partial charge in [-0.25, -0.2) is 0 Å². The summed E-state index contributed by atoms with van der Waals surface area (Å²) in [6.45, 7) is 10.1. The van der Waals surface area contributed by atoms with Crippen LogP contribution in [0.2, 0.25) is 0 Å². The van der Waals surface area contributed by atoms with E-state index in [9.17, 15) is 0 Å². The molecule has 16 heavy (non-hydrogen) atoms. The summed E-state index contributed by atoms with van der Waals surface area (Å²) in [7, 11) is 0. The second-order valence-corrected chi connectivity index (χ2v) is 4.99. The summed E-state index contributed by atoms with van der Waals surface area (Å²) in [5.41, 5.74) is 0. The summed E-state index contributed by atoms with van der Waals surface area (Å²) in [4.78, 5) is 0. The van der Waals surface area contributed by atoms with E-state index in [4.69, 9.17) is 9.47 Å². The van der Waals surface area contributed by atoms with E-state index in [1.54, 1.807) is 0 Å². The summed E-state index contributed by atoms with van der Waals surface area (Å²) in [6.07, 6.45) is 4.00. The Kier molecular flexibility index (Phi) is 7.01. The van der Waals surface area contributed by atoms with Gasteiger partial charge in [-0.1, -0.05) is 13.8 Å². The molecule has 0 aromatic carbocycles. The van der Waals surface area contributed by atoms with Crippen LogP contribution in [-0.4, -0.2) is 38.5 Å². The van der Waals surface area contributed by atoms with Gasteiger partial charge >= 0.3 is 0 Å². The zero-order valence-electron chi connectivity index (χ0n) is 11.0. The van der Waals surface area contributed by atoms with E-state index < -0.39 is 0 Å².